The Morgan fingerprint density at radius 2 is 1.79 bits per heavy atom. The maximum Gasteiger partial charge on any atom is 0.343 e. The van der Waals surface area contributed by atoms with Crippen molar-refractivity contribution in [1.29, 1.82) is 0 Å². The van der Waals surface area contributed by atoms with Crippen LogP contribution in [0.3, 0.4) is 0 Å². The lowest BCUT2D eigenvalue weighted by Crippen LogP contribution is -2.08. The van der Waals surface area contributed by atoms with E-state index in [-0.39, 0.29) is 11.5 Å². The highest BCUT2D eigenvalue weighted by Crippen LogP contribution is 2.37. The van der Waals surface area contributed by atoms with Gasteiger partial charge in [-0.15, -0.1) is 0 Å². The number of hydrogen-bond acceptors (Lipinski definition) is 4. The van der Waals surface area contributed by atoms with Gasteiger partial charge >= 0.3 is 5.97 Å². The van der Waals surface area contributed by atoms with E-state index in [9.17, 15) is 9.59 Å². The molecule has 0 amide bonds. The molecule has 0 unspecified atom stereocenters. The van der Waals surface area contributed by atoms with Crippen molar-refractivity contribution in [3.63, 3.8) is 0 Å². The molecule has 1 aliphatic rings. The molecule has 0 bridgehead atoms. The molecule has 4 rings (SSSR count). The highest BCUT2D eigenvalue weighted by Gasteiger charge is 2.30. The Morgan fingerprint density at radius 3 is 2.52 bits per heavy atom. The number of esters is 1. The van der Waals surface area contributed by atoms with Crippen LogP contribution in [0.5, 0.6) is 11.5 Å². The van der Waals surface area contributed by atoms with Gasteiger partial charge in [-0.3, -0.25) is 4.79 Å². The van der Waals surface area contributed by atoms with E-state index < -0.39 is 5.97 Å². The molecular formula is C24H17ClO4. The van der Waals surface area contributed by atoms with E-state index in [0.29, 0.717) is 33.2 Å². The lowest BCUT2D eigenvalue weighted by atomic mass is 10.0. The molecule has 0 atom stereocenters. The standard InChI is InChI=1S/C24H17ClO4/c1-14-4-3-5-16(10-14)12-21-23(26)22-15(2)11-19(13-20(22)29-21)28-24(27)17-6-8-18(25)9-7-17/h3-13H,1-2H3/b21-12-. The zero-order chi connectivity index (χ0) is 20.5. The topological polar surface area (TPSA) is 52.6 Å². The number of hydrogen-bond donors (Lipinski definition) is 0. The number of Topliss-reactive ketones (excluding diaryl/α,β-unsaturated/α-hetero) is 1. The number of allylic oxidation sites excluding steroid dienone is 1. The van der Waals surface area contributed by atoms with Gasteiger partial charge in [0.1, 0.15) is 11.5 Å². The molecular weight excluding hydrogens is 388 g/mol. The number of fused-ring (bicyclic) bond motifs is 1. The number of carbonyl (C=O) groups is 2. The van der Waals surface area contributed by atoms with Crippen LogP contribution in [0.25, 0.3) is 6.08 Å². The molecule has 3 aromatic rings. The first-order chi connectivity index (χ1) is 13.9. The van der Waals surface area contributed by atoms with Crippen molar-refractivity contribution < 1.29 is 19.1 Å². The van der Waals surface area contributed by atoms with Gasteiger partial charge in [-0.25, -0.2) is 4.79 Å². The van der Waals surface area contributed by atoms with Gasteiger partial charge in [0, 0.05) is 11.1 Å². The Labute approximate surface area is 173 Å². The summed E-state index contributed by atoms with van der Waals surface area (Å²) in [4.78, 5) is 25.1. The SMILES string of the molecule is Cc1cccc(/C=C2\Oc3cc(OC(=O)c4ccc(Cl)cc4)cc(C)c3C2=O)c1. The number of ether oxygens (including phenoxy) is 2. The number of halogens is 1. The van der Waals surface area contributed by atoms with Gasteiger partial charge in [0.2, 0.25) is 5.78 Å². The van der Waals surface area contributed by atoms with Crippen LogP contribution in [-0.4, -0.2) is 11.8 Å². The van der Waals surface area contributed by atoms with Crippen LogP contribution in [0.1, 0.15) is 37.4 Å². The summed E-state index contributed by atoms with van der Waals surface area (Å²) in [6.45, 7) is 3.77. The van der Waals surface area contributed by atoms with Crippen LogP contribution in [0, 0.1) is 13.8 Å². The fraction of sp³-hybridized carbons (Fsp3) is 0.0833. The smallest absolute Gasteiger partial charge is 0.343 e. The van der Waals surface area contributed by atoms with Gasteiger partial charge < -0.3 is 9.47 Å². The van der Waals surface area contributed by atoms with Gasteiger partial charge in [0.05, 0.1) is 11.1 Å². The van der Waals surface area contributed by atoms with Crippen molar-refractivity contribution >= 4 is 29.4 Å². The van der Waals surface area contributed by atoms with Gasteiger partial charge in [0.25, 0.3) is 0 Å². The average Bonchev–Trinajstić information content (AvgIpc) is 2.98. The van der Waals surface area contributed by atoms with Crippen LogP contribution in [0.4, 0.5) is 0 Å². The minimum absolute atomic E-state index is 0.186. The van der Waals surface area contributed by atoms with Crippen LogP contribution in [0.2, 0.25) is 5.02 Å². The Morgan fingerprint density at radius 1 is 1.03 bits per heavy atom. The monoisotopic (exact) mass is 404 g/mol. The molecule has 0 aromatic heterocycles. The van der Waals surface area contributed by atoms with Crippen molar-refractivity contribution in [3.05, 3.63) is 99.3 Å². The summed E-state index contributed by atoms with van der Waals surface area (Å²) in [6, 6.07) is 17.4. The third kappa shape index (κ3) is 3.93. The lowest BCUT2D eigenvalue weighted by Gasteiger charge is -2.08. The molecule has 0 aliphatic carbocycles. The predicted octanol–water partition coefficient (Wildman–Crippen LogP) is 5.79. The van der Waals surface area contributed by atoms with Gasteiger partial charge in [-0.05, 0) is 61.4 Å². The molecule has 0 radical (unpaired) electrons. The van der Waals surface area contributed by atoms with E-state index in [2.05, 4.69) is 0 Å². The van der Waals surface area contributed by atoms with E-state index in [1.165, 1.54) is 0 Å². The molecule has 1 aliphatic heterocycles. The molecule has 5 heteroatoms. The summed E-state index contributed by atoms with van der Waals surface area (Å²) in [5.74, 6) is 0.240. The highest BCUT2D eigenvalue weighted by molar-refractivity contribution is 6.30. The van der Waals surface area contributed by atoms with E-state index in [1.807, 2.05) is 31.2 Å². The maximum atomic E-state index is 12.8. The number of rotatable bonds is 3. The summed E-state index contributed by atoms with van der Waals surface area (Å²) in [6.07, 6.45) is 1.72. The molecule has 0 N–H and O–H groups in total. The van der Waals surface area contributed by atoms with Crippen LogP contribution in [0.15, 0.2) is 66.4 Å². The number of carbonyl (C=O) groups excluding carboxylic acids is 2. The van der Waals surface area contributed by atoms with Crippen molar-refractivity contribution in [2.24, 2.45) is 0 Å². The zero-order valence-electron chi connectivity index (χ0n) is 15.9. The average molecular weight is 405 g/mol. The van der Waals surface area contributed by atoms with Gasteiger partial charge in [0.15, 0.2) is 5.76 Å². The predicted molar refractivity (Wildman–Crippen MR) is 112 cm³/mol. The highest BCUT2D eigenvalue weighted by atomic mass is 35.5. The van der Waals surface area contributed by atoms with E-state index in [0.717, 1.165) is 11.1 Å². The number of ketones is 1. The van der Waals surface area contributed by atoms with Crippen molar-refractivity contribution in [2.45, 2.75) is 13.8 Å². The molecule has 0 saturated carbocycles. The lowest BCUT2D eigenvalue weighted by molar-refractivity contribution is 0.0734. The van der Waals surface area contributed by atoms with Crippen LogP contribution >= 0.6 is 11.6 Å². The molecule has 0 saturated heterocycles. The number of aryl methyl sites for hydroxylation is 2. The van der Waals surface area contributed by atoms with Gasteiger partial charge in [-0.2, -0.15) is 0 Å². The Kier molecular flexibility index (Phi) is 4.95. The molecule has 1 heterocycles. The maximum absolute atomic E-state index is 12.8. The first-order valence-corrected chi connectivity index (χ1v) is 9.42. The van der Waals surface area contributed by atoms with Crippen LogP contribution in [-0.2, 0) is 0 Å². The second kappa shape index (κ2) is 7.57. The first kappa shape index (κ1) is 19.0. The van der Waals surface area contributed by atoms with E-state index in [1.54, 1.807) is 49.4 Å². The van der Waals surface area contributed by atoms with Crippen molar-refractivity contribution in [2.75, 3.05) is 0 Å². The van der Waals surface area contributed by atoms with Gasteiger partial charge in [-0.1, -0.05) is 41.4 Å². The summed E-state index contributed by atoms with van der Waals surface area (Å²) in [5.41, 5.74) is 3.52. The fourth-order valence-corrected chi connectivity index (χ4v) is 3.33. The molecule has 3 aromatic carbocycles. The largest absolute Gasteiger partial charge is 0.452 e. The molecule has 0 fully saturated rings. The van der Waals surface area contributed by atoms with Crippen molar-refractivity contribution in [1.82, 2.24) is 0 Å². The third-order valence-electron chi connectivity index (χ3n) is 4.57. The Bertz CT molecular complexity index is 1160. The minimum atomic E-state index is -0.513. The fourth-order valence-electron chi connectivity index (χ4n) is 3.20. The van der Waals surface area contributed by atoms with Crippen LogP contribution < -0.4 is 9.47 Å². The van der Waals surface area contributed by atoms with E-state index >= 15 is 0 Å². The summed E-state index contributed by atoms with van der Waals surface area (Å²) in [5, 5.41) is 0.537. The molecule has 29 heavy (non-hydrogen) atoms. The first-order valence-electron chi connectivity index (χ1n) is 9.04. The normalized spacial score (nSPS) is 13.9. The van der Waals surface area contributed by atoms with Crippen molar-refractivity contribution in [3.8, 4) is 11.5 Å². The quantitative estimate of drug-likeness (QED) is 0.315. The summed E-state index contributed by atoms with van der Waals surface area (Å²) < 4.78 is 11.2. The Balaban J connectivity index is 1.60. The van der Waals surface area contributed by atoms with E-state index in [4.69, 9.17) is 21.1 Å². The second-order valence-electron chi connectivity index (χ2n) is 6.86. The summed E-state index contributed by atoms with van der Waals surface area (Å²) in [7, 11) is 0. The third-order valence-corrected chi connectivity index (χ3v) is 4.83. The number of benzene rings is 3. The zero-order valence-corrected chi connectivity index (χ0v) is 16.6. The summed E-state index contributed by atoms with van der Waals surface area (Å²) >= 11 is 5.85. The minimum Gasteiger partial charge on any atom is -0.452 e. The molecule has 144 valence electrons. The Hall–Kier alpha value is -3.37. The molecule has 0 spiro atoms. The molecule has 4 nitrogen and oxygen atoms in total. The second-order valence-corrected chi connectivity index (χ2v) is 7.30.